The molecule has 1 aromatic rings. The minimum atomic E-state index is -3.10. The van der Waals surface area contributed by atoms with Gasteiger partial charge < -0.3 is 10.6 Å². The highest BCUT2D eigenvalue weighted by Crippen LogP contribution is 2.10. The van der Waals surface area contributed by atoms with Gasteiger partial charge in [-0.2, -0.15) is 0 Å². The fourth-order valence-electron chi connectivity index (χ4n) is 1.85. The van der Waals surface area contributed by atoms with Crippen LogP contribution in [0.1, 0.15) is 31.9 Å². The lowest BCUT2D eigenvalue weighted by molar-refractivity contribution is 0.579. The average Bonchev–Trinajstić information content (AvgIpc) is 2.54. The SMILES string of the molecule is CCS(=O)(=O)NCCCNC(=NC)NC(C)c1ccccc1.I. The summed E-state index contributed by atoms with van der Waals surface area (Å²) in [6.07, 6.45) is 0.694. The number of guanidine groups is 1. The largest absolute Gasteiger partial charge is 0.356 e. The number of sulfonamides is 1. The Hall–Kier alpha value is -0.870. The molecule has 132 valence electrons. The third-order valence-electron chi connectivity index (χ3n) is 3.22. The summed E-state index contributed by atoms with van der Waals surface area (Å²) in [5.41, 5.74) is 1.18. The van der Waals surface area contributed by atoms with Crippen LogP contribution in [-0.2, 0) is 10.0 Å². The molecule has 1 aromatic carbocycles. The van der Waals surface area contributed by atoms with E-state index in [0.29, 0.717) is 25.5 Å². The van der Waals surface area contributed by atoms with Gasteiger partial charge in [0.25, 0.3) is 0 Å². The average molecular weight is 454 g/mol. The molecule has 0 aromatic heterocycles. The van der Waals surface area contributed by atoms with Gasteiger partial charge in [0.05, 0.1) is 11.8 Å². The summed E-state index contributed by atoms with van der Waals surface area (Å²) in [5.74, 6) is 0.813. The van der Waals surface area contributed by atoms with E-state index in [1.165, 1.54) is 5.56 Å². The van der Waals surface area contributed by atoms with Gasteiger partial charge >= 0.3 is 0 Å². The van der Waals surface area contributed by atoms with Crippen molar-refractivity contribution in [1.82, 2.24) is 15.4 Å². The van der Waals surface area contributed by atoms with E-state index in [1.807, 2.05) is 18.2 Å². The number of nitrogens with one attached hydrogen (secondary N) is 3. The molecule has 0 fully saturated rings. The van der Waals surface area contributed by atoms with Crippen LogP contribution >= 0.6 is 24.0 Å². The normalized spacial score (nSPS) is 13.1. The molecule has 1 unspecified atom stereocenters. The van der Waals surface area contributed by atoms with Crippen molar-refractivity contribution in [3.05, 3.63) is 35.9 Å². The van der Waals surface area contributed by atoms with Gasteiger partial charge in [0.1, 0.15) is 0 Å². The van der Waals surface area contributed by atoms with Crippen molar-refractivity contribution in [3.8, 4) is 0 Å². The third-order valence-corrected chi connectivity index (χ3v) is 4.63. The number of nitrogens with zero attached hydrogens (tertiary/aromatic N) is 1. The molecule has 0 aliphatic rings. The van der Waals surface area contributed by atoms with Crippen LogP contribution in [0, 0.1) is 0 Å². The zero-order valence-corrected chi connectivity index (χ0v) is 17.0. The van der Waals surface area contributed by atoms with E-state index in [-0.39, 0.29) is 35.8 Å². The van der Waals surface area contributed by atoms with Gasteiger partial charge in [-0.1, -0.05) is 30.3 Å². The molecule has 1 rings (SSSR count). The zero-order chi connectivity index (χ0) is 16.4. The summed E-state index contributed by atoms with van der Waals surface area (Å²) in [7, 11) is -1.39. The molecule has 0 radical (unpaired) electrons. The van der Waals surface area contributed by atoms with E-state index in [1.54, 1.807) is 14.0 Å². The maximum atomic E-state index is 11.3. The summed E-state index contributed by atoms with van der Waals surface area (Å²) in [5, 5.41) is 6.48. The Morgan fingerprint density at radius 2 is 1.87 bits per heavy atom. The number of hydrogen-bond acceptors (Lipinski definition) is 3. The molecule has 6 nitrogen and oxygen atoms in total. The summed E-state index contributed by atoms with van der Waals surface area (Å²) in [6.45, 7) is 4.76. The molecule has 3 N–H and O–H groups in total. The van der Waals surface area contributed by atoms with Gasteiger partial charge in [0.15, 0.2) is 5.96 Å². The molecule has 8 heteroatoms. The number of hydrogen-bond donors (Lipinski definition) is 3. The second-order valence-corrected chi connectivity index (χ2v) is 7.02. The molecule has 0 amide bonds. The van der Waals surface area contributed by atoms with Crippen LogP contribution in [0.3, 0.4) is 0 Å². The van der Waals surface area contributed by atoms with Crippen LogP contribution in [0.5, 0.6) is 0 Å². The molecular weight excluding hydrogens is 427 g/mol. The molecule has 1 atom stereocenters. The Balaban J connectivity index is 0.00000484. The van der Waals surface area contributed by atoms with Crippen molar-refractivity contribution in [3.63, 3.8) is 0 Å². The summed E-state index contributed by atoms with van der Waals surface area (Å²) in [6, 6.07) is 10.3. The Labute approximate surface area is 156 Å². The lowest BCUT2D eigenvalue weighted by Gasteiger charge is -2.18. The first-order valence-electron chi connectivity index (χ1n) is 7.48. The van der Waals surface area contributed by atoms with Crippen LogP contribution in [0.4, 0.5) is 0 Å². The maximum Gasteiger partial charge on any atom is 0.211 e. The summed E-state index contributed by atoms with van der Waals surface area (Å²) in [4.78, 5) is 4.17. The maximum absolute atomic E-state index is 11.3. The highest BCUT2D eigenvalue weighted by Gasteiger charge is 2.07. The van der Waals surface area contributed by atoms with Crippen molar-refractivity contribution in [2.75, 3.05) is 25.9 Å². The lowest BCUT2D eigenvalue weighted by atomic mass is 10.1. The van der Waals surface area contributed by atoms with Gasteiger partial charge in [0.2, 0.25) is 10.0 Å². The standard InChI is InChI=1S/C15H26N4O2S.HI/c1-4-22(20,21)18-12-8-11-17-15(16-3)19-13(2)14-9-6-5-7-10-14;/h5-7,9-10,13,18H,4,8,11-12H2,1-3H3,(H2,16,17,19);1H. The van der Waals surface area contributed by atoms with Gasteiger partial charge in [-0.05, 0) is 25.8 Å². The van der Waals surface area contributed by atoms with Crippen LogP contribution < -0.4 is 15.4 Å². The Bertz CT molecular complexity index is 564. The van der Waals surface area contributed by atoms with E-state index in [0.717, 1.165) is 0 Å². The van der Waals surface area contributed by atoms with Crippen molar-refractivity contribution in [2.45, 2.75) is 26.3 Å². The van der Waals surface area contributed by atoms with E-state index in [2.05, 4.69) is 39.4 Å². The van der Waals surface area contributed by atoms with Crippen LogP contribution in [-0.4, -0.2) is 40.3 Å². The van der Waals surface area contributed by atoms with Crippen molar-refractivity contribution >= 4 is 40.0 Å². The number of benzene rings is 1. The van der Waals surface area contributed by atoms with Gasteiger partial charge in [-0.25, -0.2) is 13.1 Å². The van der Waals surface area contributed by atoms with E-state index >= 15 is 0 Å². The number of rotatable bonds is 8. The fourth-order valence-corrected chi connectivity index (χ4v) is 2.51. The lowest BCUT2D eigenvalue weighted by Crippen LogP contribution is -2.40. The van der Waals surface area contributed by atoms with Crippen LogP contribution in [0.15, 0.2) is 35.3 Å². The minimum absolute atomic E-state index is 0. The monoisotopic (exact) mass is 454 g/mol. The third kappa shape index (κ3) is 9.11. The highest BCUT2D eigenvalue weighted by molar-refractivity contribution is 14.0. The van der Waals surface area contributed by atoms with Gasteiger partial charge in [-0.3, -0.25) is 4.99 Å². The van der Waals surface area contributed by atoms with Crippen molar-refractivity contribution in [1.29, 1.82) is 0 Å². The quantitative estimate of drug-likeness (QED) is 0.243. The van der Waals surface area contributed by atoms with Gasteiger partial charge in [-0.15, -0.1) is 24.0 Å². The van der Waals surface area contributed by atoms with E-state index < -0.39 is 10.0 Å². The Morgan fingerprint density at radius 3 is 2.43 bits per heavy atom. The second kappa shape index (κ2) is 11.6. The summed E-state index contributed by atoms with van der Waals surface area (Å²) < 4.78 is 25.1. The smallest absolute Gasteiger partial charge is 0.211 e. The Morgan fingerprint density at radius 1 is 1.22 bits per heavy atom. The predicted molar refractivity (Wildman–Crippen MR) is 107 cm³/mol. The van der Waals surface area contributed by atoms with Gasteiger partial charge in [0, 0.05) is 20.1 Å². The van der Waals surface area contributed by atoms with Crippen LogP contribution in [0.25, 0.3) is 0 Å². The van der Waals surface area contributed by atoms with Crippen LogP contribution in [0.2, 0.25) is 0 Å². The molecule has 0 saturated carbocycles. The minimum Gasteiger partial charge on any atom is -0.356 e. The first-order chi connectivity index (χ1) is 10.5. The second-order valence-electron chi connectivity index (χ2n) is 4.93. The molecular formula is C15H27IN4O2S. The molecule has 0 spiro atoms. The topological polar surface area (TPSA) is 82.6 Å². The molecule has 0 bridgehead atoms. The Kier molecular flexibility index (Phi) is 11.2. The molecule has 23 heavy (non-hydrogen) atoms. The number of aliphatic imine (C=N–C) groups is 1. The summed E-state index contributed by atoms with van der Waals surface area (Å²) >= 11 is 0. The fraction of sp³-hybridized carbons (Fsp3) is 0.533. The van der Waals surface area contributed by atoms with E-state index in [9.17, 15) is 8.42 Å². The predicted octanol–water partition coefficient (Wildman–Crippen LogP) is 1.86. The first kappa shape index (κ1) is 22.1. The van der Waals surface area contributed by atoms with Crippen molar-refractivity contribution < 1.29 is 8.42 Å². The molecule has 0 aliphatic carbocycles. The van der Waals surface area contributed by atoms with Crippen molar-refractivity contribution in [2.24, 2.45) is 4.99 Å². The number of halogens is 1. The zero-order valence-electron chi connectivity index (χ0n) is 13.9. The molecule has 0 aliphatic heterocycles. The molecule has 0 heterocycles. The highest BCUT2D eigenvalue weighted by atomic mass is 127. The molecule has 0 saturated heterocycles. The van der Waals surface area contributed by atoms with E-state index in [4.69, 9.17) is 0 Å². The first-order valence-corrected chi connectivity index (χ1v) is 9.13.